The summed E-state index contributed by atoms with van der Waals surface area (Å²) in [5, 5.41) is 17.0. The van der Waals surface area contributed by atoms with E-state index in [0.717, 1.165) is 35.5 Å². The van der Waals surface area contributed by atoms with Gasteiger partial charge in [-0.05, 0) is 67.5 Å². The molecule has 0 unspecified atom stereocenters. The molecule has 35 heavy (non-hydrogen) atoms. The van der Waals surface area contributed by atoms with E-state index in [4.69, 9.17) is 10.8 Å². The number of carbonyl (C=O) groups is 2. The minimum absolute atomic E-state index is 0.0637. The Labute approximate surface area is 206 Å². The van der Waals surface area contributed by atoms with Crippen LogP contribution in [0.25, 0.3) is 16.9 Å². The van der Waals surface area contributed by atoms with E-state index in [9.17, 15) is 14.7 Å². The van der Waals surface area contributed by atoms with Gasteiger partial charge in [0.05, 0.1) is 17.5 Å². The van der Waals surface area contributed by atoms with Gasteiger partial charge in [0, 0.05) is 30.1 Å². The van der Waals surface area contributed by atoms with Gasteiger partial charge in [0.15, 0.2) is 0 Å². The molecular weight excluding hydrogens is 442 g/mol. The zero-order valence-corrected chi connectivity index (χ0v) is 20.9. The van der Waals surface area contributed by atoms with Crippen LogP contribution >= 0.6 is 0 Å². The molecule has 2 atom stereocenters. The molecular formula is C27H35N5O3. The lowest BCUT2D eigenvalue weighted by Gasteiger charge is -2.19. The van der Waals surface area contributed by atoms with Crippen molar-refractivity contribution in [1.29, 1.82) is 0 Å². The summed E-state index contributed by atoms with van der Waals surface area (Å²) in [5.74, 6) is -1.06. The van der Waals surface area contributed by atoms with Crippen molar-refractivity contribution in [2.75, 3.05) is 0 Å². The molecule has 8 heteroatoms. The Balaban J connectivity index is 1.73. The molecule has 8 nitrogen and oxygen atoms in total. The van der Waals surface area contributed by atoms with Gasteiger partial charge in [0.2, 0.25) is 11.8 Å². The molecule has 0 saturated carbocycles. The number of amides is 2. The maximum Gasteiger partial charge on any atom is 0.242 e. The van der Waals surface area contributed by atoms with Gasteiger partial charge in [-0.2, -0.15) is 5.10 Å². The molecule has 3 rings (SSSR count). The molecule has 0 bridgehead atoms. The molecule has 3 aromatic rings. The summed E-state index contributed by atoms with van der Waals surface area (Å²) >= 11 is 0. The molecule has 0 spiro atoms. The molecule has 2 heterocycles. The molecule has 0 saturated heterocycles. The van der Waals surface area contributed by atoms with Crippen molar-refractivity contribution in [2.45, 2.75) is 70.9 Å². The number of nitrogens with two attached hydrogens (primary N) is 1. The van der Waals surface area contributed by atoms with E-state index in [0.29, 0.717) is 6.42 Å². The lowest BCUT2D eigenvalue weighted by molar-refractivity contribution is -0.129. The molecule has 2 aromatic heterocycles. The lowest BCUT2D eigenvalue weighted by atomic mass is 9.87. The van der Waals surface area contributed by atoms with Gasteiger partial charge in [0.25, 0.3) is 0 Å². The Kier molecular flexibility index (Phi) is 8.40. The van der Waals surface area contributed by atoms with Crippen LogP contribution in [0.2, 0.25) is 0 Å². The van der Waals surface area contributed by atoms with Crippen LogP contribution in [0.3, 0.4) is 0 Å². The van der Waals surface area contributed by atoms with Crippen LogP contribution in [-0.4, -0.2) is 43.8 Å². The normalized spacial score (nSPS) is 13.3. The summed E-state index contributed by atoms with van der Waals surface area (Å²) in [7, 11) is 0. The number of benzene rings is 1. The van der Waals surface area contributed by atoms with Crippen LogP contribution < -0.4 is 11.1 Å². The number of nitrogens with one attached hydrogen (secondary N) is 1. The standard InChI is InChI=1S/C27H35N5O3/c1-18(33)25(26(28)35)30-24(34)10-6-5-9-22-16-23(19-8-7-15-29-17-19)31-32(22)21-13-11-20(12-14-21)27(2,3)4/h7-8,11-18,25,33H,5-6,9-10H2,1-4H3,(H2,28,35)(H,30,34)/t18-,25+/m1/s1. The average molecular weight is 478 g/mol. The number of aromatic nitrogens is 3. The molecule has 0 aliphatic carbocycles. The Morgan fingerprint density at radius 1 is 1.14 bits per heavy atom. The first kappa shape index (κ1) is 26.1. The highest BCUT2D eigenvalue weighted by Gasteiger charge is 2.23. The molecule has 186 valence electrons. The topological polar surface area (TPSA) is 123 Å². The molecule has 0 radical (unpaired) electrons. The number of hydrogen-bond donors (Lipinski definition) is 3. The van der Waals surface area contributed by atoms with Crippen molar-refractivity contribution in [2.24, 2.45) is 5.73 Å². The number of nitrogens with zero attached hydrogens (tertiary/aromatic N) is 3. The van der Waals surface area contributed by atoms with Gasteiger partial charge < -0.3 is 16.2 Å². The van der Waals surface area contributed by atoms with E-state index in [2.05, 4.69) is 61.4 Å². The molecule has 0 aliphatic heterocycles. The molecule has 0 fully saturated rings. The third kappa shape index (κ3) is 6.99. The number of primary amides is 1. The quantitative estimate of drug-likeness (QED) is 0.387. The number of aryl methyl sites for hydroxylation is 1. The number of unbranched alkanes of at least 4 members (excludes halogenated alkanes) is 1. The van der Waals surface area contributed by atoms with E-state index in [-0.39, 0.29) is 17.7 Å². The Morgan fingerprint density at radius 2 is 1.86 bits per heavy atom. The van der Waals surface area contributed by atoms with Gasteiger partial charge in [0.1, 0.15) is 6.04 Å². The van der Waals surface area contributed by atoms with Crippen molar-refractivity contribution in [3.63, 3.8) is 0 Å². The number of hydrogen-bond acceptors (Lipinski definition) is 5. The first-order valence-corrected chi connectivity index (χ1v) is 11.9. The maximum absolute atomic E-state index is 12.2. The molecule has 4 N–H and O–H groups in total. The van der Waals surface area contributed by atoms with E-state index in [1.807, 2.05) is 16.8 Å². The van der Waals surface area contributed by atoms with Gasteiger partial charge in [-0.3, -0.25) is 14.6 Å². The first-order valence-electron chi connectivity index (χ1n) is 11.9. The second-order valence-corrected chi connectivity index (χ2v) is 9.87. The van der Waals surface area contributed by atoms with Crippen molar-refractivity contribution in [3.8, 4) is 16.9 Å². The van der Waals surface area contributed by atoms with E-state index in [1.54, 1.807) is 12.4 Å². The van der Waals surface area contributed by atoms with Crippen LogP contribution in [0.4, 0.5) is 0 Å². The van der Waals surface area contributed by atoms with Crippen LogP contribution in [0, 0.1) is 0 Å². The average Bonchev–Trinajstić information content (AvgIpc) is 3.24. The minimum Gasteiger partial charge on any atom is -0.391 e. The zero-order chi connectivity index (χ0) is 25.6. The maximum atomic E-state index is 12.2. The summed E-state index contributed by atoms with van der Waals surface area (Å²) in [6, 6.07) is 13.3. The fraction of sp³-hybridized carbons (Fsp3) is 0.407. The first-order chi connectivity index (χ1) is 16.6. The summed E-state index contributed by atoms with van der Waals surface area (Å²) in [6.07, 6.45) is 4.81. The van der Waals surface area contributed by atoms with E-state index >= 15 is 0 Å². The predicted octanol–water partition coefficient (Wildman–Crippen LogP) is 3.30. The summed E-state index contributed by atoms with van der Waals surface area (Å²) in [5.41, 5.74) is 10.3. The highest BCUT2D eigenvalue weighted by Crippen LogP contribution is 2.26. The third-order valence-corrected chi connectivity index (χ3v) is 5.91. The second-order valence-electron chi connectivity index (χ2n) is 9.87. The monoisotopic (exact) mass is 477 g/mol. The van der Waals surface area contributed by atoms with Crippen LogP contribution in [-0.2, 0) is 21.4 Å². The second kappa shape index (κ2) is 11.3. The summed E-state index contributed by atoms with van der Waals surface area (Å²) < 4.78 is 1.95. The Morgan fingerprint density at radius 3 is 2.43 bits per heavy atom. The molecule has 0 aliphatic rings. The summed E-state index contributed by atoms with van der Waals surface area (Å²) in [6.45, 7) is 7.98. The minimum atomic E-state index is -1.08. The lowest BCUT2D eigenvalue weighted by Crippen LogP contribution is -2.50. The highest BCUT2D eigenvalue weighted by atomic mass is 16.3. The fourth-order valence-corrected chi connectivity index (χ4v) is 3.85. The number of pyridine rings is 1. The predicted molar refractivity (Wildman–Crippen MR) is 136 cm³/mol. The van der Waals surface area contributed by atoms with E-state index < -0.39 is 18.1 Å². The van der Waals surface area contributed by atoms with Crippen LogP contribution in [0.1, 0.15) is 58.2 Å². The number of carbonyl (C=O) groups excluding carboxylic acids is 2. The molecule has 1 aromatic carbocycles. The van der Waals surface area contributed by atoms with Crippen molar-refractivity contribution in [3.05, 3.63) is 66.1 Å². The van der Waals surface area contributed by atoms with Gasteiger partial charge >= 0.3 is 0 Å². The number of aliphatic hydroxyl groups is 1. The van der Waals surface area contributed by atoms with Crippen molar-refractivity contribution in [1.82, 2.24) is 20.1 Å². The summed E-state index contributed by atoms with van der Waals surface area (Å²) in [4.78, 5) is 27.8. The number of rotatable bonds is 10. The largest absolute Gasteiger partial charge is 0.391 e. The SMILES string of the molecule is C[C@@H](O)[C@H](NC(=O)CCCCc1cc(-c2cccnc2)nn1-c1ccc(C(C)(C)C)cc1)C(N)=O. The third-order valence-electron chi connectivity index (χ3n) is 5.91. The smallest absolute Gasteiger partial charge is 0.242 e. The van der Waals surface area contributed by atoms with Gasteiger partial charge in [-0.15, -0.1) is 0 Å². The van der Waals surface area contributed by atoms with Crippen LogP contribution in [0.15, 0.2) is 54.9 Å². The Bertz CT molecular complexity index is 1130. The fourth-order valence-electron chi connectivity index (χ4n) is 3.85. The highest BCUT2D eigenvalue weighted by molar-refractivity contribution is 5.87. The van der Waals surface area contributed by atoms with Crippen molar-refractivity contribution >= 4 is 11.8 Å². The Hall–Kier alpha value is -3.52. The van der Waals surface area contributed by atoms with Gasteiger partial charge in [-0.25, -0.2) is 4.68 Å². The zero-order valence-electron chi connectivity index (χ0n) is 20.9. The van der Waals surface area contributed by atoms with Crippen molar-refractivity contribution < 1.29 is 14.7 Å². The van der Waals surface area contributed by atoms with Crippen LogP contribution in [0.5, 0.6) is 0 Å². The van der Waals surface area contributed by atoms with E-state index in [1.165, 1.54) is 12.5 Å². The molecule has 2 amide bonds. The number of aliphatic hydroxyl groups excluding tert-OH is 1. The van der Waals surface area contributed by atoms with Gasteiger partial charge in [-0.1, -0.05) is 32.9 Å².